The van der Waals surface area contributed by atoms with Crippen molar-refractivity contribution in [1.82, 2.24) is 15.2 Å². The third-order valence-corrected chi connectivity index (χ3v) is 3.30. The molecule has 0 aliphatic rings. The summed E-state index contributed by atoms with van der Waals surface area (Å²) in [6.07, 6.45) is 0. The number of amides is 1. The van der Waals surface area contributed by atoms with Gasteiger partial charge in [0.15, 0.2) is 0 Å². The lowest BCUT2D eigenvalue weighted by atomic mass is 10.4. The molecule has 1 aromatic heterocycles. The summed E-state index contributed by atoms with van der Waals surface area (Å²) in [5, 5.41) is 6.17. The molecule has 1 rings (SSSR count). The van der Waals surface area contributed by atoms with Crippen molar-refractivity contribution in [2.24, 2.45) is 0 Å². The largest absolute Gasteiger partial charge is 0.342 e. The first-order valence-corrected chi connectivity index (χ1v) is 6.44. The zero-order valence-electron chi connectivity index (χ0n) is 10.1. The summed E-state index contributed by atoms with van der Waals surface area (Å²) < 4.78 is 0. The van der Waals surface area contributed by atoms with Crippen LogP contribution in [0, 0.1) is 6.92 Å². The number of hydrogen-bond acceptors (Lipinski definition) is 4. The van der Waals surface area contributed by atoms with Gasteiger partial charge in [0.05, 0.1) is 6.54 Å². The molecule has 0 saturated carbocycles. The van der Waals surface area contributed by atoms with Crippen LogP contribution in [-0.4, -0.2) is 35.4 Å². The SMILES string of the molecule is CCN(CC)C(=O)CNCc1nc(C)cs1. The molecular weight excluding hydrogens is 222 g/mol. The van der Waals surface area contributed by atoms with Crippen molar-refractivity contribution in [1.29, 1.82) is 0 Å². The molecule has 0 aromatic carbocycles. The predicted molar refractivity (Wildman–Crippen MR) is 66.5 cm³/mol. The van der Waals surface area contributed by atoms with Crippen LogP contribution >= 0.6 is 11.3 Å². The third kappa shape index (κ3) is 3.90. The van der Waals surface area contributed by atoms with Crippen molar-refractivity contribution in [3.63, 3.8) is 0 Å². The third-order valence-electron chi connectivity index (χ3n) is 2.34. The maximum absolute atomic E-state index is 11.6. The van der Waals surface area contributed by atoms with Crippen molar-refractivity contribution < 1.29 is 4.79 Å². The summed E-state index contributed by atoms with van der Waals surface area (Å²) in [5.74, 6) is 0.151. The number of aromatic nitrogens is 1. The van der Waals surface area contributed by atoms with Gasteiger partial charge in [0.2, 0.25) is 5.91 Å². The van der Waals surface area contributed by atoms with E-state index in [9.17, 15) is 4.79 Å². The number of nitrogens with one attached hydrogen (secondary N) is 1. The molecule has 16 heavy (non-hydrogen) atoms. The molecule has 0 saturated heterocycles. The van der Waals surface area contributed by atoms with Gasteiger partial charge in [0.1, 0.15) is 5.01 Å². The molecule has 5 heteroatoms. The molecule has 0 unspecified atom stereocenters. The maximum Gasteiger partial charge on any atom is 0.236 e. The van der Waals surface area contributed by atoms with Gasteiger partial charge in [-0.2, -0.15) is 0 Å². The van der Waals surface area contributed by atoms with Gasteiger partial charge in [-0.15, -0.1) is 11.3 Å². The normalized spacial score (nSPS) is 10.4. The van der Waals surface area contributed by atoms with Gasteiger partial charge >= 0.3 is 0 Å². The van der Waals surface area contributed by atoms with E-state index < -0.39 is 0 Å². The van der Waals surface area contributed by atoms with Gasteiger partial charge in [-0.25, -0.2) is 4.98 Å². The van der Waals surface area contributed by atoms with Gasteiger partial charge < -0.3 is 10.2 Å². The number of likely N-dealkylation sites (N-methyl/N-ethyl adjacent to an activating group) is 1. The van der Waals surface area contributed by atoms with Crippen molar-refractivity contribution >= 4 is 17.2 Å². The maximum atomic E-state index is 11.6. The summed E-state index contributed by atoms with van der Waals surface area (Å²) in [7, 11) is 0. The minimum absolute atomic E-state index is 0.151. The van der Waals surface area contributed by atoms with Crippen LogP contribution in [0.2, 0.25) is 0 Å². The highest BCUT2D eigenvalue weighted by molar-refractivity contribution is 7.09. The summed E-state index contributed by atoms with van der Waals surface area (Å²) in [6, 6.07) is 0. The molecule has 1 amide bonds. The van der Waals surface area contributed by atoms with Crippen LogP contribution in [0.3, 0.4) is 0 Å². The van der Waals surface area contributed by atoms with Crippen LogP contribution in [0.15, 0.2) is 5.38 Å². The molecule has 1 N–H and O–H groups in total. The second-order valence-corrected chi connectivity index (χ2v) is 4.49. The standard InChI is InChI=1S/C11H19N3OS/c1-4-14(5-2)11(15)7-12-6-10-13-9(3)8-16-10/h8,12H,4-7H2,1-3H3. The van der Waals surface area contributed by atoms with Crippen molar-refractivity contribution in [3.8, 4) is 0 Å². The molecule has 1 aromatic rings. The molecule has 0 atom stereocenters. The summed E-state index contributed by atoms with van der Waals surface area (Å²) in [6.45, 7) is 8.56. The lowest BCUT2D eigenvalue weighted by Crippen LogP contribution is -2.37. The molecule has 0 aliphatic carbocycles. The van der Waals surface area contributed by atoms with Crippen LogP contribution in [-0.2, 0) is 11.3 Å². The van der Waals surface area contributed by atoms with Crippen molar-refractivity contribution in [2.75, 3.05) is 19.6 Å². The Morgan fingerprint density at radius 1 is 1.50 bits per heavy atom. The second-order valence-electron chi connectivity index (χ2n) is 3.55. The first-order valence-electron chi connectivity index (χ1n) is 5.56. The predicted octanol–water partition coefficient (Wildman–Crippen LogP) is 1.41. The summed E-state index contributed by atoms with van der Waals surface area (Å²) in [5.41, 5.74) is 1.04. The van der Waals surface area contributed by atoms with Crippen LogP contribution in [0.4, 0.5) is 0 Å². The fourth-order valence-electron chi connectivity index (χ4n) is 1.45. The lowest BCUT2D eigenvalue weighted by Gasteiger charge is -2.18. The number of thiazole rings is 1. The van der Waals surface area contributed by atoms with Crippen LogP contribution in [0.1, 0.15) is 24.5 Å². The number of nitrogens with zero attached hydrogens (tertiary/aromatic N) is 2. The number of carbonyl (C=O) groups is 1. The van der Waals surface area contributed by atoms with E-state index >= 15 is 0 Å². The van der Waals surface area contributed by atoms with Crippen molar-refractivity contribution in [2.45, 2.75) is 27.3 Å². The fourth-order valence-corrected chi connectivity index (χ4v) is 2.19. The average Bonchev–Trinajstić information content (AvgIpc) is 2.66. The number of rotatable bonds is 6. The van der Waals surface area contributed by atoms with E-state index in [0.717, 1.165) is 23.8 Å². The van der Waals surface area contributed by atoms with Crippen molar-refractivity contribution in [3.05, 3.63) is 16.1 Å². The molecule has 4 nitrogen and oxygen atoms in total. The highest BCUT2D eigenvalue weighted by atomic mass is 32.1. The highest BCUT2D eigenvalue weighted by Crippen LogP contribution is 2.07. The van der Waals surface area contributed by atoms with E-state index in [2.05, 4.69) is 10.3 Å². The first-order chi connectivity index (χ1) is 7.67. The lowest BCUT2D eigenvalue weighted by molar-refractivity contribution is -0.129. The van der Waals surface area contributed by atoms with E-state index in [-0.39, 0.29) is 5.91 Å². The Balaban J connectivity index is 2.27. The van der Waals surface area contributed by atoms with Crippen LogP contribution in [0.5, 0.6) is 0 Å². The van der Waals surface area contributed by atoms with Gasteiger partial charge in [-0.05, 0) is 20.8 Å². The van der Waals surface area contributed by atoms with E-state index in [0.29, 0.717) is 13.1 Å². The number of aryl methyl sites for hydroxylation is 1. The average molecular weight is 241 g/mol. The van der Waals surface area contributed by atoms with Crippen LogP contribution < -0.4 is 5.32 Å². The molecule has 90 valence electrons. The smallest absolute Gasteiger partial charge is 0.236 e. The quantitative estimate of drug-likeness (QED) is 0.819. The summed E-state index contributed by atoms with van der Waals surface area (Å²) in [4.78, 5) is 17.8. The van der Waals surface area contributed by atoms with E-state index in [1.807, 2.05) is 31.1 Å². The molecular formula is C11H19N3OS. The molecule has 0 aliphatic heterocycles. The highest BCUT2D eigenvalue weighted by Gasteiger charge is 2.08. The fraction of sp³-hybridized carbons (Fsp3) is 0.636. The Hall–Kier alpha value is -0.940. The molecule has 1 heterocycles. The van der Waals surface area contributed by atoms with Gasteiger partial charge in [-0.1, -0.05) is 0 Å². The molecule has 0 bridgehead atoms. The second kappa shape index (κ2) is 6.60. The monoisotopic (exact) mass is 241 g/mol. The first kappa shape index (κ1) is 13.1. The molecule has 0 fully saturated rings. The Kier molecular flexibility index (Phi) is 5.42. The molecule has 0 spiro atoms. The Bertz CT molecular complexity index is 334. The summed E-state index contributed by atoms with van der Waals surface area (Å²) >= 11 is 1.62. The van der Waals surface area contributed by atoms with E-state index in [1.54, 1.807) is 11.3 Å². The van der Waals surface area contributed by atoms with Gasteiger partial charge in [0, 0.05) is 30.7 Å². The Morgan fingerprint density at radius 2 is 2.19 bits per heavy atom. The number of hydrogen-bond donors (Lipinski definition) is 1. The minimum atomic E-state index is 0.151. The zero-order valence-corrected chi connectivity index (χ0v) is 10.9. The number of carbonyl (C=O) groups excluding carboxylic acids is 1. The van der Waals surface area contributed by atoms with E-state index in [4.69, 9.17) is 0 Å². The van der Waals surface area contributed by atoms with Gasteiger partial charge in [0.25, 0.3) is 0 Å². The minimum Gasteiger partial charge on any atom is -0.342 e. The van der Waals surface area contributed by atoms with Crippen LogP contribution in [0.25, 0.3) is 0 Å². The Labute approximate surface area is 101 Å². The topological polar surface area (TPSA) is 45.2 Å². The van der Waals surface area contributed by atoms with Gasteiger partial charge in [-0.3, -0.25) is 4.79 Å². The molecule has 0 radical (unpaired) electrons. The zero-order chi connectivity index (χ0) is 12.0. The Morgan fingerprint density at radius 3 is 2.69 bits per heavy atom. The van der Waals surface area contributed by atoms with E-state index in [1.165, 1.54) is 0 Å².